The Labute approximate surface area is 155 Å². The van der Waals surface area contributed by atoms with E-state index in [0.717, 1.165) is 36.9 Å². The maximum absolute atomic E-state index is 12.1. The van der Waals surface area contributed by atoms with Crippen LogP contribution >= 0.6 is 12.4 Å². The first kappa shape index (κ1) is 19.5. The van der Waals surface area contributed by atoms with E-state index in [1.807, 2.05) is 24.3 Å². The zero-order chi connectivity index (χ0) is 16.8. The second-order valence-corrected chi connectivity index (χ2v) is 6.57. The number of carbonyl (C=O) groups is 1. The Bertz CT molecular complexity index is 687. The van der Waals surface area contributed by atoms with Gasteiger partial charge in [0.15, 0.2) is 0 Å². The molecule has 2 N–H and O–H groups in total. The van der Waals surface area contributed by atoms with E-state index in [1.54, 1.807) is 0 Å². The molecule has 136 valence electrons. The molecule has 2 atom stereocenters. The third-order valence-electron chi connectivity index (χ3n) is 4.54. The van der Waals surface area contributed by atoms with Gasteiger partial charge in [-0.05, 0) is 44.2 Å². The van der Waals surface area contributed by atoms with E-state index >= 15 is 0 Å². The van der Waals surface area contributed by atoms with Crippen molar-refractivity contribution in [2.45, 2.75) is 44.7 Å². The van der Waals surface area contributed by atoms with Gasteiger partial charge in [0.05, 0.1) is 6.61 Å². The number of benzene rings is 2. The average Bonchev–Trinajstić information content (AvgIpc) is 2.59. The predicted octanol–water partition coefficient (Wildman–Crippen LogP) is 3.68. The van der Waals surface area contributed by atoms with E-state index in [0.29, 0.717) is 25.1 Å². The summed E-state index contributed by atoms with van der Waals surface area (Å²) >= 11 is 0. The van der Waals surface area contributed by atoms with Crippen LogP contribution in [0, 0.1) is 0 Å². The van der Waals surface area contributed by atoms with Crippen LogP contribution in [0.2, 0.25) is 0 Å². The fraction of sp³-hybridized carbons (Fsp3) is 0.450. The number of fused-ring (bicyclic) bond motifs is 1. The van der Waals surface area contributed by atoms with Gasteiger partial charge in [-0.2, -0.15) is 0 Å². The summed E-state index contributed by atoms with van der Waals surface area (Å²) in [5, 5.41) is 8.83. The van der Waals surface area contributed by atoms with Crippen molar-refractivity contribution in [1.29, 1.82) is 0 Å². The molecule has 1 aliphatic rings. The normalized spacial score (nSPS) is 19.9. The lowest BCUT2D eigenvalue weighted by molar-refractivity contribution is -0.122. The first-order chi connectivity index (χ1) is 11.7. The van der Waals surface area contributed by atoms with E-state index in [1.165, 1.54) is 5.39 Å². The molecule has 0 saturated carbocycles. The molecule has 1 amide bonds. The summed E-state index contributed by atoms with van der Waals surface area (Å²) in [6.07, 6.45) is 3.28. The molecule has 2 aromatic carbocycles. The summed E-state index contributed by atoms with van der Waals surface area (Å²) in [6.45, 7) is 3.71. The minimum Gasteiger partial charge on any atom is -0.493 e. The molecule has 0 spiro atoms. The summed E-state index contributed by atoms with van der Waals surface area (Å²) in [4.78, 5) is 12.1. The quantitative estimate of drug-likeness (QED) is 0.771. The molecular formula is C20H27ClN2O2. The molecule has 2 aromatic rings. The van der Waals surface area contributed by atoms with Gasteiger partial charge in [-0.15, -0.1) is 12.4 Å². The number of rotatable bonds is 6. The number of ether oxygens (including phenoxy) is 1. The third kappa shape index (κ3) is 5.62. The topological polar surface area (TPSA) is 50.4 Å². The van der Waals surface area contributed by atoms with Crippen molar-refractivity contribution in [3.05, 3.63) is 42.5 Å². The molecule has 1 fully saturated rings. The SMILES string of the molecule is CC1CC(NC(=O)CCCOc2cccc3ccccc23)CCN1.Cl. The molecule has 0 aromatic heterocycles. The highest BCUT2D eigenvalue weighted by atomic mass is 35.5. The van der Waals surface area contributed by atoms with E-state index in [-0.39, 0.29) is 18.3 Å². The van der Waals surface area contributed by atoms with Crippen LogP contribution in [0.25, 0.3) is 10.8 Å². The van der Waals surface area contributed by atoms with Crippen molar-refractivity contribution in [3.63, 3.8) is 0 Å². The molecule has 1 heterocycles. The largest absolute Gasteiger partial charge is 0.493 e. The average molecular weight is 363 g/mol. The molecule has 25 heavy (non-hydrogen) atoms. The maximum Gasteiger partial charge on any atom is 0.220 e. The molecule has 0 bridgehead atoms. The smallest absolute Gasteiger partial charge is 0.220 e. The van der Waals surface area contributed by atoms with Crippen molar-refractivity contribution in [1.82, 2.24) is 10.6 Å². The van der Waals surface area contributed by atoms with Crippen LogP contribution in [0.4, 0.5) is 0 Å². The summed E-state index contributed by atoms with van der Waals surface area (Å²) in [6, 6.07) is 15.1. The fourth-order valence-corrected chi connectivity index (χ4v) is 3.30. The summed E-state index contributed by atoms with van der Waals surface area (Å²) in [5.41, 5.74) is 0. The highest BCUT2D eigenvalue weighted by Gasteiger charge is 2.19. The first-order valence-corrected chi connectivity index (χ1v) is 8.85. The summed E-state index contributed by atoms with van der Waals surface area (Å²) in [7, 11) is 0. The second kappa shape index (κ2) is 9.64. The zero-order valence-electron chi connectivity index (χ0n) is 14.7. The minimum absolute atomic E-state index is 0. The van der Waals surface area contributed by atoms with Crippen LogP contribution in [0.15, 0.2) is 42.5 Å². The number of nitrogens with one attached hydrogen (secondary N) is 2. The molecule has 1 saturated heterocycles. The van der Waals surface area contributed by atoms with Gasteiger partial charge < -0.3 is 15.4 Å². The zero-order valence-corrected chi connectivity index (χ0v) is 15.5. The van der Waals surface area contributed by atoms with E-state index < -0.39 is 0 Å². The predicted molar refractivity (Wildman–Crippen MR) is 105 cm³/mol. The third-order valence-corrected chi connectivity index (χ3v) is 4.54. The number of halogens is 1. The van der Waals surface area contributed by atoms with Crippen LogP contribution in [-0.2, 0) is 4.79 Å². The number of amides is 1. The van der Waals surface area contributed by atoms with Gasteiger partial charge in [0.1, 0.15) is 5.75 Å². The van der Waals surface area contributed by atoms with Crippen molar-refractivity contribution in [2.75, 3.05) is 13.2 Å². The highest BCUT2D eigenvalue weighted by molar-refractivity contribution is 5.88. The molecule has 3 rings (SSSR count). The summed E-state index contributed by atoms with van der Waals surface area (Å²) in [5.74, 6) is 1.02. The van der Waals surface area contributed by atoms with E-state index in [2.05, 4.69) is 35.8 Å². The highest BCUT2D eigenvalue weighted by Crippen LogP contribution is 2.25. The Morgan fingerprint density at radius 3 is 2.88 bits per heavy atom. The Balaban J connectivity index is 0.00000225. The van der Waals surface area contributed by atoms with Crippen LogP contribution in [-0.4, -0.2) is 31.1 Å². The monoisotopic (exact) mass is 362 g/mol. The number of hydrogen-bond acceptors (Lipinski definition) is 3. The van der Waals surface area contributed by atoms with Crippen LogP contribution in [0.3, 0.4) is 0 Å². The lowest BCUT2D eigenvalue weighted by Crippen LogP contribution is -2.46. The Morgan fingerprint density at radius 2 is 2.04 bits per heavy atom. The lowest BCUT2D eigenvalue weighted by Gasteiger charge is -2.28. The molecule has 4 nitrogen and oxygen atoms in total. The standard InChI is InChI=1S/C20H26N2O2.ClH/c1-15-14-17(11-12-21-15)22-20(23)10-5-13-24-19-9-4-7-16-6-2-3-8-18(16)19;/h2-4,6-9,15,17,21H,5,10-14H2,1H3,(H,22,23);1H. The number of hydrogen-bond donors (Lipinski definition) is 2. The fourth-order valence-electron chi connectivity index (χ4n) is 3.30. The molecular weight excluding hydrogens is 336 g/mol. The van der Waals surface area contributed by atoms with Crippen molar-refractivity contribution >= 4 is 29.1 Å². The molecule has 5 heteroatoms. The lowest BCUT2D eigenvalue weighted by atomic mass is 10.0. The second-order valence-electron chi connectivity index (χ2n) is 6.57. The van der Waals surface area contributed by atoms with Gasteiger partial charge in [-0.1, -0.05) is 36.4 Å². The van der Waals surface area contributed by atoms with Gasteiger partial charge in [0.25, 0.3) is 0 Å². The van der Waals surface area contributed by atoms with Crippen molar-refractivity contribution < 1.29 is 9.53 Å². The molecule has 0 radical (unpaired) electrons. The van der Waals surface area contributed by atoms with Crippen molar-refractivity contribution in [3.8, 4) is 5.75 Å². The first-order valence-electron chi connectivity index (χ1n) is 8.85. The van der Waals surface area contributed by atoms with Crippen LogP contribution in [0.1, 0.15) is 32.6 Å². The maximum atomic E-state index is 12.1. The molecule has 1 aliphatic heterocycles. The van der Waals surface area contributed by atoms with E-state index in [9.17, 15) is 4.79 Å². The van der Waals surface area contributed by atoms with Gasteiger partial charge in [0, 0.05) is 23.9 Å². The molecule has 2 unspecified atom stereocenters. The minimum atomic E-state index is 0. The van der Waals surface area contributed by atoms with Gasteiger partial charge >= 0.3 is 0 Å². The van der Waals surface area contributed by atoms with Gasteiger partial charge in [0.2, 0.25) is 5.91 Å². The van der Waals surface area contributed by atoms with Gasteiger partial charge in [-0.3, -0.25) is 4.79 Å². The molecule has 0 aliphatic carbocycles. The Kier molecular flexibility index (Phi) is 7.53. The van der Waals surface area contributed by atoms with E-state index in [4.69, 9.17) is 4.74 Å². The summed E-state index contributed by atoms with van der Waals surface area (Å²) < 4.78 is 5.89. The Morgan fingerprint density at radius 1 is 1.24 bits per heavy atom. The van der Waals surface area contributed by atoms with Crippen LogP contribution < -0.4 is 15.4 Å². The Hall–Kier alpha value is -1.78. The van der Waals surface area contributed by atoms with Crippen molar-refractivity contribution in [2.24, 2.45) is 0 Å². The number of carbonyl (C=O) groups excluding carboxylic acids is 1. The number of piperidine rings is 1. The van der Waals surface area contributed by atoms with Crippen LogP contribution in [0.5, 0.6) is 5.75 Å². The van der Waals surface area contributed by atoms with Gasteiger partial charge in [-0.25, -0.2) is 0 Å².